The van der Waals surface area contributed by atoms with Crippen molar-refractivity contribution < 1.29 is 14.6 Å². The lowest BCUT2D eigenvalue weighted by atomic mass is 9.92. The predicted molar refractivity (Wildman–Crippen MR) is 85.0 cm³/mol. The van der Waals surface area contributed by atoms with Gasteiger partial charge in [0.1, 0.15) is 5.60 Å². The minimum Gasteiger partial charge on any atom is -0.380 e. The number of rotatable bonds is 3. The molecule has 114 valence electrons. The number of benzene rings is 2. The molecule has 3 rings (SSSR count). The van der Waals surface area contributed by atoms with Crippen LogP contribution in [0.5, 0.6) is 0 Å². The van der Waals surface area contributed by atoms with Crippen molar-refractivity contribution in [1.29, 1.82) is 0 Å². The molecule has 0 bridgehead atoms. The van der Waals surface area contributed by atoms with Crippen LogP contribution < -0.4 is 10.6 Å². The van der Waals surface area contributed by atoms with Crippen LogP contribution in [0.25, 0.3) is 0 Å². The Kier molecular flexibility index (Phi) is 3.83. The Morgan fingerprint density at radius 3 is 1.95 bits per heavy atom. The van der Waals surface area contributed by atoms with Crippen molar-refractivity contribution >= 4 is 17.4 Å². The molecule has 0 aliphatic carbocycles. The highest BCUT2D eigenvalue weighted by atomic mass is 16.5. The fraction of sp³-hybridized carbons (Fsp3) is 0.235. The fourth-order valence-electron chi connectivity index (χ4n) is 2.26. The molecule has 2 aromatic rings. The second kappa shape index (κ2) is 5.79. The molecule has 2 amide bonds. The minimum absolute atomic E-state index is 0.303. The number of nitrogens with one attached hydrogen (secondary N) is 2. The van der Waals surface area contributed by atoms with E-state index in [4.69, 9.17) is 4.74 Å². The molecule has 0 unspecified atom stereocenters. The van der Waals surface area contributed by atoms with Gasteiger partial charge in [0.05, 0.1) is 13.2 Å². The smallest absolute Gasteiger partial charge is 0.323 e. The lowest BCUT2D eigenvalue weighted by Gasteiger charge is -2.36. The van der Waals surface area contributed by atoms with Gasteiger partial charge in [0.2, 0.25) is 0 Å². The predicted octanol–water partition coefficient (Wildman–Crippen LogP) is 2.86. The summed E-state index contributed by atoms with van der Waals surface area (Å²) < 4.78 is 5.03. The third kappa shape index (κ3) is 3.10. The van der Waals surface area contributed by atoms with Crippen LogP contribution in [0.3, 0.4) is 0 Å². The summed E-state index contributed by atoms with van der Waals surface area (Å²) in [7, 11) is 0. The van der Waals surface area contributed by atoms with Crippen molar-refractivity contribution in [2.45, 2.75) is 12.5 Å². The van der Waals surface area contributed by atoms with Gasteiger partial charge in [-0.2, -0.15) is 0 Å². The number of anilines is 2. The molecular formula is C17H18N2O3. The van der Waals surface area contributed by atoms with Gasteiger partial charge in [-0.05, 0) is 36.8 Å². The minimum atomic E-state index is -0.886. The molecule has 22 heavy (non-hydrogen) atoms. The van der Waals surface area contributed by atoms with Crippen molar-refractivity contribution in [1.82, 2.24) is 0 Å². The molecule has 3 N–H and O–H groups in total. The van der Waals surface area contributed by atoms with Gasteiger partial charge in [-0.25, -0.2) is 4.79 Å². The number of aryl methyl sites for hydroxylation is 1. The molecule has 1 aliphatic rings. The molecule has 1 heterocycles. The van der Waals surface area contributed by atoms with Gasteiger partial charge in [-0.1, -0.05) is 29.8 Å². The molecule has 1 aliphatic heterocycles. The third-order valence-corrected chi connectivity index (χ3v) is 3.67. The number of urea groups is 1. The average Bonchev–Trinajstić information content (AvgIpc) is 2.48. The number of ether oxygens (including phenoxy) is 1. The van der Waals surface area contributed by atoms with E-state index in [2.05, 4.69) is 10.6 Å². The number of carbonyl (C=O) groups excluding carboxylic acids is 1. The van der Waals surface area contributed by atoms with E-state index >= 15 is 0 Å². The topological polar surface area (TPSA) is 70.6 Å². The maximum absolute atomic E-state index is 11.9. The van der Waals surface area contributed by atoms with Gasteiger partial charge in [-0.15, -0.1) is 0 Å². The van der Waals surface area contributed by atoms with Gasteiger partial charge < -0.3 is 20.5 Å². The zero-order chi connectivity index (χ0) is 15.6. The summed E-state index contributed by atoms with van der Waals surface area (Å²) in [4.78, 5) is 11.9. The summed E-state index contributed by atoms with van der Waals surface area (Å²) >= 11 is 0. The van der Waals surface area contributed by atoms with Gasteiger partial charge >= 0.3 is 6.03 Å². The number of aliphatic hydroxyl groups is 1. The maximum Gasteiger partial charge on any atom is 0.323 e. The number of hydrogen-bond donors (Lipinski definition) is 3. The van der Waals surface area contributed by atoms with E-state index in [1.54, 1.807) is 24.3 Å². The Hall–Kier alpha value is -2.37. The Morgan fingerprint density at radius 2 is 1.50 bits per heavy atom. The summed E-state index contributed by atoms with van der Waals surface area (Å²) in [5.41, 5.74) is 2.45. The fourth-order valence-corrected chi connectivity index (χ4v) is 2.26. The number of hydrogen-bond acceptors (Lipinski definition) is 3. The monoisotopic (exact) mass is 298 g/mol. The molecule has 0 aromatic heterocycles. The van der Waals surface area contributed by atoms with Gasteiger partial charge in [0.15, 0.2) is 0 Å². The molecule has 1 fully saturated rings. The van der Waals surface area contributed by atoms with E-state index in [-0.39, 0.29) is 6.03 Å². The van der Waals surface area contributed by atoms with Crippen molar-refractivity contribution in [3.05, 3.63) is 59.7 Å². The van der Waals surface area contributed by atoms with E-state index in [0.29, 0.717) is 18.9 Å². The molecule has 0 spiro atoms. The summed E-state index contributed by atoms with van der Waals surface area (Å²) in [5.74, 6) is 0. The van der Waals surface area contributed by atoms with Crippen LogP contribution in [0.15, 0.2) is 48.5 Å². The summed E-state index contributed by atoms with van der Waals surface area (Å²) in [6, 6.07) is 14.4. The highest BCUT2D eigenvalue weighted by Crippen LogP contribution is 2.29. The summed E-state index contributed by atoms with van der Waals surface area (Å²) in [5, 5.41) is 15.7. The van der Waals surface area contributed by atoms with E-state index in [0.717, 1.165) is 16.8 Å². The highest BCUT2D eigenvalue weighted by molar-refractivity contribution is 5.99. The Balaban J connectivity index is 1.60. The highest BCUT2D eigenvalue weighted by Gasteiger charge is 2.37. The first-order chi connectivity index (χ1) is 10.5. The number of amides is 2. The Labute approximate surface area is 128 Å². The van der Waals surface area contributed by atoms with Gasteiger partial charge in [0.25, 0.3) is 0 Å². The van der Waals surface area contributed by atoms with Crippen LogP contribution in [0.2, 0.25) is 0 Å². The SMILES string of the molecule is Cc1ccc(NC(=O)Nc2ccc(C3(O)COC3)cc2)cc1. The Bertz CT molecular complexity index is 661. The summed E-state index contributed by atoms with van der Waals surface area (Å²) in [6.07, 6.45) is 0. The van der Waals surface area contributed by atoms with E-state index in [1.165, 1.54) is 0 Å². The van der Waals surface area contributed by atoms with Crippen LogP contribution in [0, 0.1) is 6.92 Å². The standard InChI is InChI=1S/C17H18N2O3/c1-12-2-6-14(7-3-12)18-16(20)19-15-8-4-13(5-9-15)17(21)10-22-11-17/h2-9,21H,10-11H2,1H3,(H2,18,19,20). The average molecular weight is 298 g/mol. The normalized spacial score (nSPS) is 15.7. The van der Waals surface area contributed by atoms with Crippen LogP contribution in [-0.4, -0.2) is 24.4 Å². The molecule has 1 saturated heterocycles. The van der Waals surface area contributed by atoms with Crippen molar-refractivity contribution in [2.75, 3.05) is 23.8 Å². The molecule has 2 aromatic carbocycles. The molecule has 0 radical (unpaired) electrons. The Morgan fingerprint density at radius 1 is 1.00 bits per heavy atom. The molecule has 5 nitrogen and oxygen atoms in total. The van der Waals surface area contributed by atoms with Gasteiger partial charge in [-0.3, -0.25) is 0 Å². The quantitative estimate of drug-likeness (QED) is 0.816. The first-order valence-corrected chi connectivity index (χ1v) is 7.10. The first-order valence-electron chi connectivity index (χ1n) is 7.10. The van der Waals surface area contributed by atoms with Crippen LogP contribution >= 0.6 is 0 Å². The van der Waals surface area contributed by atoms with Crippen LogP contribution in [0.1, 0.15) is 11.1 Å². The van der Waals surface area contributed by atoms with Crippen LogP contribution in [0.4, 0.5) is 16.2 Å². The zero-order valence-corrected chi connectivity index (χ0v) is 12.3. The van der Waals surface area contributed by atoms with Crippen molar-refractivity contribution in [3.8, 4) is 0 Å². The third-order valence-electron chi connectivity index (χ3n) is 3.67. The summed E-state index contributed by atoms with van der Waals surface area (Å²) in [6.45, 7) is 2.62. The van der Waals surface area contributed by atoms with E-state index < -0.39 is 5.60 Å². The van der Waals surface area contributed by atoms with E-state index in [1.807, 2.05) is 31.2 Å². The lowest BCUT2D eigenvalue weighted by molar-refractivity contribution is -0.184. The van der Waals surface area contributed by atoms with Crippen molar-refractivity contribution in [2.24, 2.45) is 0 Å². The first kappa shape index (κ1) is 14.6. The second-order valence-corrected chi connectivity index (χ2v) is 5.55. The zero-order valence-electron chi connectivity index (χ0n) is 12.3. The molecular weight excluding hydrogens is 280 g/mol. The largest absolute Gasteiger partial charge is 0.380 e. The molecule has 0 atom stereocenters. The maximum atomic E-state index is 11.9. The van der Waals surface area contributed by atoms with Crippen molar-refractivity contribution in [3.63, 3.8) is 0 Å². The van der Waals surface area contributed by atoms with Crippen LogP contribution in [-0.2, 0) is 10.3 Å². The van der Waals surface area contributed by atoms with E-state index in [9.17, 15) is 9.90 Å². The second-order valence-electron chi connectivity index (χ2n) is 5.55. The number of carbonyl (C=O) groups is 1. The lowest BCUT2D eigenvalue weighted by Crippen LogP contribution is -2.46. The van der Waals surface area contributed by atoms with Gasteiger partial charge in [0, 0.05) is 11.4 Å². The molecule has 5 heteroatoms. The molecule has 0 saturated carbocycles.